The molecule has 0 spiro atoms. The number of nitrogens with zero attached hydrogens (tertiary/aromatic N) is 1. The summed E-state index contributed by atoms with van der Waals surface area (Å²) in [5, 5.41) is 6.33. The maximum atomic E-state index is 12.5. The van der Waals surface area contributed by atoms with Crippen molar-refractivity contribution < 1.29 is 9.59 Å². The van der Waals surface area contributed by atoms with Crippen LogP contribution in [0.2, 0.25) is 0 Å². The summed E-state index contributed by atoms with van der Waals surface area (Å²) >= 11 is 0. The Balaban J connectivity index is 1.60. The van der Waals surface area contributed by atoms with Crippen molar-refractivity contribution in [2.75, 3.05) is 19.6 Å². The summed E-state index contributed by atoms with van der Waals surface area (Å²) in [5.41, 5.74) is 0. The first-order chi connectivity index (χ1) is 9.25. The van der Waals surface area contributed by atoms with Crippen LogP contribution in [0.15, 0.2) is 0 Å². The quantitative estimate of drug-likeness (QED) is 0.752. The van der Waals surface area contributed by atoms with Gasteiger partial charge >= 0.3 is 0 Å². The lowest BCUT2D eigenvalue weighted by Crippen LogP contribution is -2.50. The molecule has 3 heterocycles. The number of likely N-dealkylation sites (tertiary alicyclic amines) is 1. The van der Waals surface area contributed by atoms with Gasteiger partial charge in [0.05, 0.1) is 12.0 Å². The van der Waals surface area contributed by atoms with Gasteiger partial charge in [-0.3, -0.25) is 9.59 Å². The molecule has 0 aromatic heterocycles. The zero-order valence-corrected chi connectivity index (χ0v) is 11.4. The standard InChI is InChI=1S/C14H23N3O2/c18-13(8-10-4-1-2-6-15-10)17-7-3-5-11-12(17)9-16-14(11)19/h10-12,15H,1-9H2,(H,16,19). The van der Waals surface area contributed by atoms with E-state index in [-0.39, 0.29) is 23.8 Å². The van der Waals surface area contributed by atoms with Crippen LogP contribution in [0.3, 0.4) is 0 Å². The average Bonchev–Trinajstić information content (AvgIpc) is 2.82. The third-order valence-corrected chi connectivity index (χ3v) is 4.75. The van der Waals surface area contributed by atoms with Crippen molar-refractivity contribution in [3.8, 4) is 0 Å². The fraction of sp³-hybridized carbons (Fsp3) is 0.857. The lowest BCUT2D eigenvalue weighted by Gasteiger charge is -2.37. The number of rotatable bonds is 2. The Hall–Kier alpha value is -1.10. The maximum absolute atomic E-state index is 12.5. The number of nitrogens with one attached hydrogen (secondary N) is 2. The van der Waals surface area contributed by atoms with Crippen molar-refractivity contribution in [3.05, 3.63) is 0 Å². The molecule has 19 heavy (non-hydrogen) atoms. The Labute approximate surface area is 114 Å². The Kier molecular flexibility index (Phi) is 3.73. The van der Waals surface area contributed by atoms with Gasteiger partial charge in [-0.15, -0.1) is 0 Å². The highest BCUT2D eigenvalue weighted by Gasteiger charge is 2.42. The number of hydrogen-bond acceptors (Lipinski definition) is 3. The summed E-state index contributed by atoms with van der Waals surface area (Å²) in [6.07, 6.45) is 6.03. The Morgan fingerprint density at radius 3 is 2.95 bits per heavy atom. The predicted octanol–water partition coefficient (Wildman–Crippen LogP) is 0.256. The average molecular weight is 265 g/mol. The number of amides is 2. The predicted molar refractivity (Wildman–Crippen MR) is 71.5 cm³/mol. The van der Waals surface area contributed by atoms with Gasteiger partial charge in [0.15, 0.2) is 0 Å². The molecule has 3 saturated heterocycles. The maximum Gasteiger partial charge on any atom is 0.225 e. The SMILES string of the molecule is O=C1NCC2C1CCCN2C(=O)CC1CCCCN1. The van der Waals surface area contributed by atoms with Gasteiger partial charge in [-0.1, -0.05) is 6.42 Å². The van der Waals surface area contributed by atoms with Crippen LogP contribution in [-0.4, -0.2) is 48.4 Å². The molecular weight excluding hydrogens is 242 g/mol. The van der Waals surface area contributed by atoms with Crippen LogP contribution >= 0.6 is 0 Å². The van der Waals surface area contributed by atoms with Crippen LogP contribution in [0.1, 0.15) is 38.5 Å². The van der Waals surface area contributed by atoms with Crippen molar-refractivity contribution in [2.45, 2.75) is 50.6 Å². The van der Waals surface area contributed by atoms with E-state index < -0.39 is 0 Å². The molecule has 0 aliphatic carbocycles. The fourth-order valence-corrected chi connectivity index (χ4v) is 3.69. The van der Waals surface area contributed by atoms with Gasteiger partial charge in [0.2, 0.25) is 11.8 Å². The van der Waals surface area contributed by atoms with E-state index in [4.69, 9.17) is 0 Å². The summed E-state index contributed by atoms with van der Waals surface area (Å²) in [6.45, 7) is 2.50. The smallest absolute Gasteiger partial charge is 0.225 e. The van der Waals surface area contributed by atoms with Gasteiger partial charge in [0, 0.05) is 25.6 Å². The molecule has 3 aliphatic heterocycles. The zero-order valence-electron chi connectivity index (χ0n) is 11.4. The number of fused-ring (bicyclic) bond motifs is 1. The van der Waals surface area contributed by atoms with Crippen LogP contribution in [0.5, 0.6) is 0 Å². The van der Waals surface area contributed by atoms with E-state index in [1.54, 1.807) is 0 Å². The van der Waals surface area contributed by atoms with Crippen molar-refractivity contribution in [1.29, 1.82) is 0 Å². The third-order valence-electron chi connectivity index (χ3n) is 4.75. The van der Waals surface area contributed by atoms with Crippen LogP contribution in [0.4, 0.5) is 0 Å². The molecule has 0 aromatic carbocycles. The van der Waals surface area contributed by atoms with E-state index in [9.17, 15) is 9.59 Å². The molecule has 0 bridgehead atoms. The molecule has 2 N–H and O–H groups in total. The molecule has 2 amide bonds. The highest BCUT2D eigenvalue weighted by molar-refractivity contribution is 5.84. The van der Waals surface area contributed by atoms with E-state index in [2.05, 4.69) is 10.6 Å². The highest BCUT2D eigenvalue weighted by atomic mass is 16.2. The molecule has 3 atom stereocenters. The molecule has 3 aliphatic rings. The number of carbonyl (C=O) groups is 2. The first-order valence-corrected chi connectivity index (χ1v) is 7.56. The topological polar surface area (TPSA) is 61.4 Å². The summed E-state index contributed by atoms with van der Waals surface area (Å²) in [7, 11) is 0. The summed E-state index contributed by atoms with van der Waals surface area (Å²) < 4.78 is 0. The normalized spacial score (nSPS) is 34.8. The molecule has 3 fully saturated rings. The summed E-state index contributed by atoms with van der Waals surface area (Å²) in [6, 6.07) is 0.448. The van der Waals surface area contributed by atoms with Crippen LogP contribution in [0.25, 0.3) is 0 Å². The van der Waals surface area contributed by atoms with Crippen molar-refractivity contribution in [3.63, 3.8) is 0 Å². The van der Waals surface area contributed by atoms with Gasteiger partial charge < -0.3 is 15.5 Å². The second-order valence-corrected chi connectivity index (χ2v) is 6.00. The van der Waals surface area contributed by atoms with Crippen LogP contribution in [-0.2, 0) is 9.59 Å². The Morgan fingerprint density at radius 1 is 1.26 bits per heavy atom. The minimum atomic E-state index is 0.0389. The molecule has 0 radical (unpaired) electrons. The molecule has 3 rings (SSSR count). The van der Waals surface area contributed by atoms with Crippen molar-refractivity contribution in [1.82, 2.24) is 15.5 Å². The lowest BCUT2D eigenvalue weighted by atomic mass is 9.90. The number of hydrogen-bond donors (Lipinski definition) is 2. The van der Waals surface area contributed by atoms with Gasteiger partial charge in [0.25, 0.3) is 0 Å². The third kappa shape index (κ3) is 2.61. The first kappa shape index (κ1) is 12.9. The van der Waals surface area contributed by atoms with Gasteiger partial charge in [-0.25, -0.2) is 0 Å². The first-order valence-electron chi connectivity index (χ1n) is 7.56. The van der Waals surface area contributed by atoms with Crippen molar-refractivity contribution in [2.24, 2.45) is 5.92 Å². The Bertz CT molecular complexity index is 366. The van der Waals surface area contributed by atoms with E-state index in [0.29, 0.717) is 19.0 Å². The van der Waals surface area contributed by atoms with E-state index in [1.807, 2.05) is 4.90 Å². The highest BCUT2D eigenvalue weighted by Crippen LogP contribution is 2.28. The molecule has 5 heteroatoms. The van der Waals surface area contributed by atoms with E-state index in [1.165, 1.54) is 12.8 Å². The molecule has 3 unspecified atom stereocenters. The molecule has 0 saturated carbocycles. The van der Waals surface area contributed by atoms with Gasteiger partial charge in [0.1, 0.15) is 0 Å². The summed E-state index contributed by atoms with van der Waals surface area (Å²) in [5.74, 6) is 0.404. The number of piperidine rings is 2. The van der Waals surface area contributed by atoms with Crippen LogP contribution < -0.4 is 10.6 Å². The molecule has 0 aromatic rings. The fourth-order valence-electron chi connectivity index (χ4n) is 3.69. The van der Waals surface area contributed by atoms with Crippen molar-refractivity contribution >= 4 is 11.8 Å². The minimum Gasteiger partial charge on any atom is -0.354 e. The number of carbonyl (C=O) groups excluding carboxylic acids is 2. The minimum absolute atomic E-state index is 0.0389. The largest absolute Gasteiger partial charge is 0.354 e. The lowest BCUT2D eigenvalue weighted by molar-refractivity contribution is -0.137. The molecule has 5 nitrogen and oxygen atoms in total. The van der Waals surface area contributed by atoms with Crippen LogP contribution in [0, 0.1) is 5.92 Å². The Morgan fingerprint density at radius 2 is 2.16 bits per heavy atom. The zero-order chi connectivity index (χ0) is 13.2. The molecular formula is C14H23N3O2. The molecule has 106 valence electrons. The van der Waals surface area contributed by atoms with E-state index >= 15 is 0 Å². The summed E-state index contributed by atoms with van der Waals surface area (Å²) in [4.78, 5) is 26.1. The monoisotopic (exact) mass is 265 g/mol. The second-order valence-electron chi connectivity index (χ2n) is 6.00. The van der Waals surface area contributed by atoms with Gasteiger partial charge in [-0.2, -0.15) is 0 Å². The second kappa shape index (κ2) is 5.49. The van der Waals surface area contributed by atoms with Gasteiger partial charge in [-0.05, 0) is 32.2 Å². The van der Waals surface area contributed by atoms with E-state index in [0.717, 1.165) is 32.4 Å².